The monoisotopic (exact) mass is 269 g/mol. The number of nitrogens with zero attached hydrogens (tertiary/aromatic N) is 2. The summed E-state index contributed by atoms with van der Waals surface area (Å²) in [6, 6.07) is 0. The van der Waals surface area contributed by atoms with Crippen LogP contribution in [0.25, 0.3) is 0 Å². The Morgan fingerprint density at radius 2 is 1.74 bits per heavy atom. The van der Waals surface area contributed by atoms with Gasteiger partial charge in [-0.25, -0.2) is 0 Å². The Morgan fingerprint density at radius 1 is 1.16 bits per heavy atom. The van der Waals surface area contributed by atoms with E-state index in [0.29, 0.717) is 32.5 Å². The van der Waals surface area contributed by atoms with Crippen LogP contribution in [-0.2, 0) is 9.59 Å². The van der Waals surface area contributed by atoms with Gasteiger partial charge in [-0.3, -0.25) is 9.59 Å². The van der Waals surface area contributed by atoms with Crippen molar-refractivity contribution in [2.45, 2.75) is 33.1 Å². The number of hydrogen-bond acceptors (Lipinski definition) is 3. The van der Waals surface area contributed by atoms with E-state index in [0.717, 1.165) is 13.0 Å². The van der Waals surface area contributed by atoms with Crippen LogP contribution >= 0.6 is 0 Å². The van der Waals surface area contributed by atoms with Crippen molar-refractivity contribution in [2.75, 3.05) is 40.3 Å². The number of nitrogens with one attached hydrogen (secondary N) is 1. The molecule has 0 bridgehead atoms. The minimum absolute atomic E-state index is 0.00242. The second-order valence-electron chi connectivity index (χ2n) is 5.47. The zero-order valence-corrected chi connectivity index (χ0v) is 12.7. The molecule has 0 unspecified atom stereocenters. The van der Waals surface area contributed by atoms with Gasteiger partial charge < -0.3 is 15.1 Å². The fourth-order valence-corrected chi connectivity index (χ4v) is 2.24. The van der Waals surface area contributed by atoms with E-state index < -0.39 is 5.41 Å². The largest absolute Gasteiger partial charge is 0.355 e. The molecule has 2 amide bonds. The first-order chi connectivity index (χ1) is 8.97. The second kappa shape index (κ2) is 6.89. The van der Waals surface area contributed by atoms with Crippen LogP contribution in [0.5, 0.6) is 0 Å². The summed E-state index contributed by atoms with van der Waals surface area (Å²) in [5, 5.41) is 2.91. The summed E-state index contributed by atoms with van der Waals surface area (Å²) in [5.74, 6) is -0.0780. The number of carbonyl (C=O) groups is 2. The molecular formula is C14H27N3O2. The quantitative estimate of drug-likeness (QED) is 0.521. The lowest BCUT2D eigenvalue weighted by molar-refractivity contribution is -0.143. The third kappa shape index (κ3) is 3.93. The van der Waals surface area contributed by atoms with Crippen LogP contribution in [0.1, 0.15) is 33.1 Å². The van der Waals surface area contributed by atoms with Crippen LogP contribution in [0, 0.1) is 5.41 Å². The van der Waals surface area contributed by atoms with Gasteiger partial charge in [0.05, 0.1) is 0 Å². The zero-order chi connectivity index (χ0) is 14.5. The molecule has 1 saturated carbocycles. The fraction of sp³-hybridized carbons (Fsp3) is 0.857. The highest BCUT2D eigenvalue weighted by molar-refractivity contribution is 6.07. The summed E-state index contributed by atoms with van der Waals surface area (Å²) >= 11 is 0. The topological polar surface area (TPSA) is 52.7 Å². The summed E-state index contributed by atoms with van der Waals surface area (Å²) in [7, 11) is 4.02. The maximum atomic E-state index is 12.3. The first-order valence-corrected chi connectivity index (χ1v) is 7.20. The fourth-order valence-electron chi connectivity index (χ4n) is 2.24. The van der Waals surface area contributed by atoms with Crippen molar-refractivity contribution >= 4 is 11.8 Å². The van der Waals surface area contributed by atoms with Crippen LogP contribution in [0.15, 0.2) is 0 Å². The first-order valence-electron chi connectivity index (χ1n) is 7.20. The van der Waals surface area contributed by atoms with Crippen molar-refractivity contribution in [1.29, 1.82) is 0 Å². The van der Waals surface area contributed by atoms with E-state index in [2.05, 4.69) is 10.2 Å². The van der Waals surface area contributed by atoms with Gasteiger partial charge in [-0.2, -0.15) is 0 Å². The summed E-state index contributed by atoms with van der Waals surface area (Å²) in [6.07, 6.45) is 2.30. The Balaban J connectivity index is 2.44. The minimum atomic E-state index is -0.746. The molecule has 1 N–H and O–H groups in total. The second-order valence-corrected chi connectivity index (χ2v) is 5.47. The molecule has 1 rings (SSSR count). The van der Waals surface area contributed by atoms with Crippen LogP contribution < -0.4 is 5.32 Å². The Hall–Kier alpha value is -1.10. The summed E-state index contributed by atoms with van der Waals surface area (Å²) in [4.78, 5) is 28.3. The van der Waals surface area contributed by atoms with Gasteiger partial charge in [-0.15, -0.1) is 0 Å². The van der Waals surface area contributed by atoms with E-state index in [-0.39, 0.29) is 11.8 Å². The Kier molecular flexibility index (Phi) is 5.79. The average molecular weight is 269 g/mol. The highest BCUT2D eigenvalue weighted by Gasteiger charge is 2.57. The average Bonchev–Trinajstić information content (AvgIpc) is 3.17. The van der Waals surface area contributed by atoms with Crippen molar-refractivity contribution in [2.24, 2.45) is 5.41 Å². The number of hydrogen-bond donors (Lipinski definition) is 1. The number of amides is 2. The summed E-state index contributed by atoms with van der Waals surface area (Å²) < 4.78 is 0. The van der Waals surface area contributed by atoms with E-state index in [1.54, 1.807) is 4.90 Å². The van der Waals surface area contributed by atoms with Gasteiger partial charge in [0.15, 0.2) is 0 Å². The van der Waals surface area contributed by atoms with Crippen LogP contribution in [-0.4, -0.2) is 61.9 Å². The van der Waals surface area contributed by atoms with Gasteiger partial charge >= 0.3 is 0 Å². The molecule has 0 aromatic rings. The van der Waals surface area contributed by atoms with E-state index in [1.807, 2.05) is 27.9 Å². The van der Waals surface area contributed by atoms with Gasteiger partial charge in [0, 0.05) is 19.6 Å². The van der Waals surface area contributed by atoms with Crippen molar-refractivity contribution in [3.05, 3.63) is 0 Å². The molecule has 0 aromatic carbocycles. The maximum absolute atomic E-state index is 12.3. The van der Waals surface area contributed by atoms with Crippen LogP contribution in [0.2, 0.25) is 0 Å². The van der Waals surface area contributed by atoms with Gasteiger partial charge in [-0.1, -0.05) is 0 Å². The maximum Gasteiger partial charge on any atom is 0.238 e. The molecule has 0 radical (unpaired) electrons. The van der Waals surface area contributed by atoms with Crippen molar-refractivity contribution in [3.8, 4) is 0 Å². The molecule has 0 atom stereocenters. The standard InChI is InChI=1S/C14H27N3O2/c1-5-17(6-2)13(19)14(8-9-14)12(18)15-10-7-11-16(3)4/h5-11H2,1-4H3,(H,15,18). The van der Waals surface area contributed by atoms with E-state index >= 15 is 0 Å². The Morgan fingerprint density at radius 3 is 2.16 bits per heavy atom. The molecular weight excluding hydrogens is 242 g/mol. The third-order valence-corrected chi connectivity index (χ3v) is 3.71. The molecule has 1 aliphatic carbocycles. The molecule has 0 saturated heterocycles. The third-order valence-electron chi connectivity index (χ3n) is 3.71. The van der Waals surface area contributed by atoms with Crippen molar-refractivity contribution < 1.29 is 9.59 Å². The lowest BCUT2D eigenvalue weighted by Crippen LogP contribution is -2.45. The molecule has 110 valence electrons. The van der Waals surface area contributed by atoms with Crippen molar-refractivity contribution in [3.63, 3.8) is 0 Å². The van der Waals surface area contributed by atoms with Crippen molar-refractivity contribution in [1.82, 2.24) is 15.1 Å². The van der Waals surface area contributed by atoms with Gasteiger partial charge in [0.1, 0.15) is 5.41 Å². The van der Waals surface area contributed by atoms with Crippen LogP contribution in [0.4, 0.5) is 0 Å². The normalized spacial score (nSPS) is 16.3. The minimum Gasteiger partial charge on any atom is -0.355 e. The summed E-state index contributed by atoms with van der Waals surface area (Å²) in [5.41, 5.74) is -0.746. The van der Waals surface area contributed by atoms with Crippen LogP contribution in [0.3, 0.4) is 0 Å². The van der Waals surface area contributed by atoms with Gasteiger partial charge in [0.25, 0.3) is 0 Å². The molecule has 5 nitrogen and oxygen atoms in total. The smallest absolute Gasteiger partial charge is 0.238 e. The molecule has 0 heterocycles. The lowest BCUT2D eigenvalue weighted by atomic mass is 10.0. The van der Waals surface area contributed by atoms with E-state index in [9.17, 15) is 9.59 Å². The first kappa shape index (κ1) is 16.0. The molecule has 0 aromatic heterocycles. The Labute approximate surface area is 116 Å². The predicted molar refractivity (Wildman–Crippen MR) is 75.8 cm³/mol. The van der Waals surface area contributed by atoms with Gasteiger partial charge in [0.2, 0.25) is 11.8 Å². The molecule has 5 heteroatoms. The van der Waals surface area contributed by atoms with E-state index in [4.69, 9.17) is 0 Å². The lowest BCUT2D eigenvalue weighted by Gasteiger charge is -2.24. The number of rotatable bonds is 8. The Bertz CT molecular complexity index is 321. The SMILES string of the molecule is CCN(CC)C(=O)C1(C(=O)NCCCN(C)C)CC1. The predicted octanol–water partition coefficient (Wildman–Crippen LogP) is 0.703. The molecule has 1 aliphatic rings. The number of carbonyl (C=O) groups excluding carboxylic acids is 2. The zero-order valence-electron chi connectivity index (χ0n) is 12.7. The van der Waals surface area contributed by atoms with E-state index in [1.165, 1.54) is 0 Å². The molecule has 1 fully saturated rings. The summed E-state index contributed by atoms with van der Waals surface area (Å²) in [6.45, 7) is 6.83. The molecule has 19 heavy (non-hydrogen) atoms. The molecule has 0 spiro atoms. The molecule has 0 aliphatic heterocycles. The highest BCUT2D eigenvalue weighted by Crippen LogP contribution is 2.47. The van der Waals surface area contributed by atoms with Gasteiger partial charge in [-0.05, 0) is 53.8 Å². The highest BCUT2D eigenvalue weighted by atomic mass is 16.2.